The van der Waals surface area contributed by atoms with Gasteiger partial charge in [0.15, 0.2) is 0 Å². The summed E-state index contributed by atoms with van der Waals surface area (Å²) in [5, 5.41) is 3.62. The second kappa shape index (κ2) is 7.05. The van der Waals surface area contributed by atoms with Crippen LogP contribution in [-0.4, -0.2) is 50.3 Å². The lowest BCUT2D eigenvalue weighted by Gasteiger charge is -2.49. The average Bonchev–Trinajstić information content (AvgIpc) is 2.93. The van der Waals surface area contributed by atoms with E-state index in [9.17, 15) is 0 Å². The molecule has 2 fully saturated rings. The minimum atomic E-state index is 0.367. The zero-order chi connectivity index (χ0) is 13.7. The lowest BCUT2D eigenvalue weighted by Crippen LogP contribution is -2.59. The maximum Gasteiger partial charge on any atom is 0.0576 e. The summed E-state index contributed by atoms with van der Waals surface area (Å²) in [4.78, 5) is 2.49. The Bertz CT molecular complexity index is 255. The van der Waals surface area contributed by atoms with Crippen LogP contribution in [0, 0.1) is 0 Å². The second-order valence-electron chi connectivity index (χ2n) is 6.61. The molecule has 0 radical (unpaired) electrons. The summed E-state index contributed by atoms with van der Waals surface area (Å²) in [5.41, 5.74) is 0.367. The van der Waals surface area contributed by atoms with Gasteiger partial charge in [-0.15, -0.1) is 0 Å². The Morgan fingerprint density at radius 2 is 1.95 bits per heavy atom. The second-order valence-corrected chi connectivity index (χ2v) is 6.61. The molecule has 1 N–H and O–H groups in total. The molecule has 0 aromatic heterocycles. The fourth-order valence-corrected chi connectivity index (χ4v) is 4.18. The fraction of sp³-hybridized carbons (Fsp3) is 1.00. The summed E-state index contributed by atoms with van der Waals surface area (Å²) in [7, 11) is 6.67. The molecule has 2 unspecified atom stereocenters. The van der Waals surface area contributed by atoms with Crippen molar-refractivity contribution in [3.63, 3.8) is 0 Å². The summed E-state index contributed by atoms with van der Waals surface area (Å²) in [6, 6.07) is 0.604. The van der Waals surface area contributed by atoms with Gasteiger partial charge in [-0.25, -0.2) is 0 Å². The largest absolute Gasteiger partial charge is 0.378 e. The molecule has 2 rings (SSSR count). The third-order valence-electron chi connectivity index (χ3n) is 5.41. The first-order valence-corrected chi connectivity index (χ1v) is 8.15. The van der Waals surface area contributed by atoms with Gasteiger partial charge < -0.3 is 15.0 Å². The quantitative estimate of drug-likeness (QED) is 0.801. The van der Waals surface area contributed by atoms with Crippen LogP contribution in [0.25, 0.3) is 0 Å². The molecule has 0 aromatic carbocycles. The highest BCUT2D eigenvalue weighted by Gasteiger charge is 2.40. The van der Waals surface area contributed by atoms with Gasteiger partial charge in [-0.05, 0) is 59.7 Å². The maximum atomic E-state index is 5.79. The third-order valence-corrected chi connectivity index (χ3v) is 5.41. The van der Waals surface area contributed by atoms with Crippen molar-refractivity contribution < 1.29 is 4.74 Å². The molecule has 0 amide bonds. The zero-order valence-electron chi connectivity index (χ0n) is 13.1. The molecule has 0 aromatic rings. The first-order valence-electron chi connectivity index (χ1n) is 8.15. The first-order chi connectivity index (χ1) is 9.19. The van der Waals surface area contributed by atoms with Gasteiger partial charge in [0.2, 0.25) is 0 Å². The van der Waals surface area contributed by atoms with E-state index in [1.165, 1.54) is 57.8 Å². The van der Waals surface area contributed by atoms with Crippen LogP contribution < -0.4 is 5.32 Å². The fourth-order valence-electron chi connectivity index (χ4n) is 4.18. The van der Waals surface area contributed by atoms with Crippen molar-refractivity contribution in [2.45, 2.75) is 75.5 Å². The maximum absolute atomic E-state index is 5.79. The van der Waals surface area contributed by atoms with E-state index in [4.69, 9.17) is 4.74 Å². The Morgan fingerprint density at radius 1 is 1.21 bits per heavy atom. The Morgan fingerprint density at radius 3 is 2.47 bits per heavy atom. The van der Waals surface area contributed by atoms with E-state index >= 15 is 0 Å². The molecule has 3 heteroatoms. The van der Waals surface area contributed by atoms with Crippen molar-refractivity contribution in [3.05, 3.63) is 0 Å². The van der Waals surface area contributed by atoms with Crippen molar-refractivity contribution in [1.82, 2.24) is 10.2 Å². The number of hydrogen-bond acceptors (Lipinski definition) is 3. The molecule has 2 aliphatic rings. The molecule has 19 heavy (non-hydrogen) atoms. The molecule has 3 nitrogen and oxygen atoms in total. The van der Waals surface area contributed by atoms with Crippen molar-refractivity contribution in [2.24, 2.45) is 0 Å². The summed E-state index contributed by atoms with van der Waals surface area (Å²) >= 11 is 0. The van der Waals surface area contributed by atoms with Crippen molar-refractivity contribution in [2.75, 3.05) is 27.7 Å². The van der Waals surface area contributed by atoms with Crippen LogP contribution in [0.4, 0.5) is 0 Å². The van der Waals surface area contributed by atoms with Crippen molar-refractivity contribution in [1.29, 1.82) is 0 Å². The van der Waals surface area contributed by atoms with E-state index in [1.807, 2.05) is 0 Å². The van der Waals surface area contributed by atoms with Crippen molar-refractivity contribution >= 4 is 0 Å². The minimum absolute atomic E-state index is 0.367. The molecule has 1 heterocycles. The standard InChI is InChI=1S/C16H32N2O/c1-17-15(10-9-14-8-7-13-19-14)16(18(2)3)11-5-4-6-12-16/h14-15,17H,4-13H2,1-3H3. The zero-order valence-corrected chi connectivity index (χ0v) is 13.1. The number of rotatable bonds is 6. The van der Waals surface area contributed by atoms with E-state index in [-0.39, 0.29) is 0 Å². The Hall–Kier alpha value is -0.120. The Labute approximate surface area is 119 Å². The van der Waals surface area contributed by atoms with Crippen LogP contribution in [0.1, 0.15) is 57.8 Å². The normalized spacial score (nSPS) is 28.7. The minimum Gasteiger partial charge on any atom is -0.378 e. The number of nitrogens with one attached hydrogen (secondary N) is 1. The highest BCUT2D eigenvalue weighted by atomic mass is 16.5. The van der Waals surface area contributed by atoms with E-state index < -0.39 is 0 Å². The summed E-state index contributed by atoms with van der Waals surface area (Å²) < 4.78 is 5.79. The van der Waals surface area contributed by atoms with Crippen LogP contribution in [0.2, 0.25) is 0 Å². The smallest absolute Gasteiger partial charge is 0.0576 e. The monoisotopic (exact) mass is 268 g/mol. The summed E-state index contributed by atoms with van der Waals surface area (Å²) in [6.45, 7) is 0.980. The molecule has 0 bridgehead atoms. The number of likely N-dealkylation sites (N-methyl/N-ethyl adjacent to an activating group) is 2. The number of nitrogens with zero attached hydrogens (tertiary/aromatic N) is 1. The number of ether oxygens (including phenoxy) is 1. The molecule has 2 atom stereocenters. The van der Waals surface area contributed by atoms with Crippen LogP contribution >= 0.6 is 0 Å². The molecule has 1 saturated carbocycles. The van der Waals surface area contributed by atoms with Gasteiger partial charge >= 0.3 is 0 Å². The van der Waals surface area contributed by atoms with Gasteiger partial charge in [0.05, 0.1) is 6.10 Å². The van der Waals surface area contributed by atoms with Gasteiger partial charge in [0.1, 0.15) is 0 Å². The Balaban J connectivity index is 1.95. The highest BCUT2D eigenvalue weighted by molar-refractivity contribution is 5.00. The van der Waals surface area contributed by atoms with Gasteiger partial charge in [-0.2, -0.15) is 0 Å². The highest BCUT2D eigenvalue weighted by Crippen LogP contribution is 2.37. The van der Waals surface area contributed by atoms with Crippen LogP contribution in [0.15, 0.2) is 0 Å². The summed E-state index contributed by atoms with van der Waals surface area (Å²) in [5.74, 6) is 0. The average molecular weight is 268 g/mol. The van der Waals surface area contributed by atoms with E-state index in [0.717, 1.165) is 6.61 Å². The topological polar surface area (TPSA) is 24.5 Å². The SMILES string of the molecule is CNC(CCC1CCCO1)C1(N(C)C)CCCCC1. The first kappa shape index (κ1) is 15.3. The predicted molar refractivity (Wildman–Crippen MR) is 80.6 cm³/mol. The van der Waals surface area contributed by atoms with Gasteiger partial charge in [-0.1, -0.05) is 19.3 Å². The van der Waals surface area contributed by atoms with Gasteiger partial charge in [-0.3, -0.25) is 0 Å². The van der Waals surface area contributed by atoms with Crippen LogP contribution in [0.5, 0.6) is 0 Å². The number of hydrogen-bond donors (Lipinski definition) is 1. The van der Waals surface area contributed by atoms with Crippen LogP contribution in [0.3, 0.4) is 0 Å². The van der Waals surface area contributed by atoms with E-state index in [2.05, 4.69) is 31.4 Å². The molecule has 1 aliphatic carbocycles. The molecule has 1 aliphatic heterocycles. The predicted octanol–water partition coefficient (Wildman–Crippen LogP) is 2.80. The Kier molecular flexibility index (Phi) is 5.67. The third kappa shape index (κ3) is 3.50. The lowest BCUT2D eigenvalue weighted by molar-refractivity contribution is 0.0437. The van der Waals surface area contributed by atoms with Gasteiger partial charge in [0, 0.05) is 18.2 Å². The molecular weight excluding hydrogens is 236 g/mol. The van der Waals surface area contributed by atoms with Gasteiger partial charge in [0.25, 0.3) is 0 Å². The lowest BCUT2D eigenvalue weighted by atomic mass is 9.73. The molecule has 1 saturated heterocycles. The van der Waals surface area contributed by atoms with Crippen LogP contribution in [-0.2, 0) is 4.74 Å². The molecule has 0 spiro atoms. The van der Waals surface area contributed by atoms with E-state index in [1.54, 1.807) is 0 Å². The molecular formula is C16H32N2O. The van der Waals surface area contributed by atoms with E-state index in [0.29, 0.717) is 17.7 Å². The summed E-state index contributed by atoms with van der Waals surface area (Å²) in [6.07, 6.45) is 12.4. The molecule has 112 valence electrons. The van der Waals surface area contributed by atoms with Crippen molar-refractivity contribution in [3.8, 4) is 0 Å².